The summed E-state index contributed by atoms with van der Waals surface area (Å²) in [7, 11) is -2.79. The normalized spacial score (nSPS) is 27.2. The van der Waals surface area contributed by atoms with Crippen molar-refractivity contribution in [3.63, 3.8) is 0 Å². The molecule has 15 heteroatoms. The fourth-order valence-electron chi connectivity index (χ4n) is 9.65. The molecule has 1 aromatic carbocycles. The van der Waals surface area contributed by atoms with Gasteiger partial charge in [0.1, 0.15) is 28.6 Å². The van der Waals surface area contributed by atoms with E-state index in [0.29, 0.717) is 24.9 Å². The van der Waals surface area contributed by atoms with Gasteiger partial charge >= 0.3 is 12.0 Å². The molecule has 310 valence electrons. The van der Waals surface area contributed by atoms with Crippen LogP contribution >= 0.6 is 0 Å². The number of nitrogens with one attached hydrogen (secondary N) is 5. The van der Waals surface area contributed by atoms with Crippen molar-refractivity contribution in [3.05, 3.63) is 36.9 Å². The van der Waals surface area contributed by atoms with E-state index >= 15 is 0 Å². The Bertz CT molecular complexity index is 1820. The molecule has 5 rings (SSSR count). The van der Waals surface area contributed by atoms with Crippen molar-refractivity contribution in [2.75, 3.05) is 18.9 Å². The minimum Gasteiger partial charge on any atom is -0.480 e. The number of amides is 5. The number of carbonyl (C=O) groups is 5. The second kappa shape index (κ2) is 16.0. The van der Waals surface area contributed by atoms with E-state index in [2.05, 4.69) is 53.3 Å². The zero-order chi connectivity index (χ0) is 41.4. The summed E-state index contributed by atoms with van der Waals surface area (Å²) >= 11 is 0. The van der Waals surface area contributed by atoms with E-state index < -0.39 is 80.2 Å². The van der Waals surface area contributed by atoms with Crippen LogP contribution in [-0.2, 0) is 29.2 Å². The third-order valence-corrected chi connectivity index (χ3v) is 14.9. The molecule has 0 aromatic heterocycles. The Balaban J connectivity index is 1.45. The predicted molar refractivity (Wildman–Crippen MR) is 213 cm³/mol. The van der Waals surface area contributed by atoms with E-state index in [1.807, 2.05) is 0 Å². The monoisotopic (exact) mass is 798 g/mol. The Kier molecular flexibility index (Phi) is 12.3. The highest BCUT2D eigenvalue weighted by Crippen LogP contribution is 2.62. The third kappa shape index (κ3) is 8.15. The van der Waals surface area contributed by atoms with E-state index in [1.54, 1.807) is 46.0 Å². The lowest BCUT2D eigenvalue weighted by Gasteiger charge is -2.55. The van der Waals surface area contributed by atoms with Crippen molar-refractivity contribution in [1.82, 2.24) is 25.6 Å². The van der Waals surface area contributed by atoms with Gasteiger partial charge in [0.25, 0.3) is 15.9 Å². The molecule has 0 radical (unpaired) electrons. The summed E-state index contributed by atoms with van der Waals surface area (Å²) in [5.74, 6) is -3.88. The van der Waals surface area contributed by atoms with Gasteiger partial charge in [-0.25, -0.2) is 22.7 Å². The first-order valence-electron chi connectivity index (χ1n) is 20.1. The summed E-state index contributed by atoms with van der Waals surface area (Å²) in [5, 5.41) is 21.2. The van der Waals surface area contributed by atoms with Crippen LogP contribution in [0, 0.1) is 34.0 Å². The Morgan fingerprint density at radius 3 is 2.14 bits per heavy atom. The van der Waals surface area contributed by atoms with Crippen LogP contribution in [-0.4, -0.2) is 85.4 Å². The van der Waals surface area contributed by atoms with Gasteiger partial charge in [0.05, 0.1) is 5.69 Å². The first-order valence-corrected chi connectivity index (χ1v) is 21.5. The molecule has 1 aliphatic heterocycles. The number of sulfonamides is 1. The number of hydrogen-bond acceptors (Lipinski definition) is 8. The van der Waals surface area contributed by atoms with Gasteiger partial charge in [0, 0.05) is 19.5 Å². The summed E-state index contributed by atoms with van der Waals surface area (Å²) in [6.45, 7) is 15.8. The standard InChI is InChI=1S/C41H62N6O8S/c1-9-27-22-41(27,36(52)46-56(54,55)30-19-14-13-18-28(30)42-8)45-33(48)29-23-40(25(2)3,39(7)20-15-21-39)24-47(29)34(49)32(38(4,5)6)44-37(53)43-31(35(50)51)26-16-11-10-12-17-26/h9,13-14,18-19,25-27,29,31-32,42H,1,10-12,15-17,20-24H2,2-8H3,(H,45,48)(H,46,52)(H,50,51)(H2,43,44,53)/t27-,29+,31+,32-,40-,41-/m1/s1. The van der Waals surface area contributed by atoms with Crippen LogP contribution in [0.5, 0.6) is 0 Å². The molecule has 1 aromatic rings. The summed E-state index contributed by atoms with van der Waals surface area (Å²) in [6.07, 6.45) is 8.91. The fraction of sp³-hybridized carbons (Fsp3) is 0.683. The van der Waals surface area contributed by atoms with Crippen molar-refractivity contribution in [1.29, 1.82) is 0 Å². The maximum absolute atomic E-state index is 15.0. The molecular formula is C41H62N6O8S. The first kappa shape index (κ1) is 43.0. The molecule has 56 heavy (non-hydrogen) atoms. The van der Waals surface area contributed by atoms with Gasteiger partial charge in [0.2, 0.25) is 11.8 Å². The summed E-state index contributed by atoms with van der Waals surface area (Å²) in [4.78, 5) is 70.9. The largest absolute Gasteiger partial charge is 0.480 e. The number of anilines is 1. The molecule has 5 amide bonds. The second-order valence-electron chi connectivity index (χ2n) is 18.2. The number of para-hydroxylation sites is 1. The molecule has 3 saturated carbocycles. The molecule has 6 N–H and O–H groups in total. The van der Waals surface area contributed by atoms with Gasteiger partial charge in [-0.2, -0.15) is 0 Å². The van der Waals surface area contributed by atoms with E-state index in [4.69, 9.17) is 0 Å². The van der Waals surface area contributed by atoms with E-state index in [0.717, 1.165) is 38.5 Å². The number of nitrogens with zero attached hydrogens (tertiary/aromatic N) is 1. The number of benzene rings is 1. The van der Waals surface area contributed by atoms with Gasteiger partial charge in [-0.1, -0.05) is 85.4 Å². The second-order valence-corrected chi connectivity index (χ2v) is 19.9. The van der Waals surface area contributed by atoms with Crippen molar-refractivity contribution in [2.45, 2.75) is 134 Å². The number of likely N-dealkylation sites (tertiary alicyclic amines) is 1. The van der Waals surface area contributed by atoms with Crippen LogP contribution < -0.4 is 26.0 Å². The minimum absolute atomic E-state index is 0.0496. The number of aliphatic carboxylic acids is 1. The first-order chi connectivity index (χ1) is 26.2. The highest BCUT2D eigenvalue weighted by Gasteiger charge is 2.64. The topological polar surface area (TPSA) is 203 Å². The lowest BCUT2D eigenvalue weighted by Crippen LogP contribution is -2.62. The van der Waals surface area contributed by atoms with Gasteiger partial charge in [0.15, 0.2) is 0 Å². The quantitative estimate of drug-likeness (QED) is 0.143. The van der Waals surface area contributed by atoms with E-state index in [1.165, 1.54) is 17.0 Å². The molecule has 14 nitrogen and oxygen atoms in total. The Morgan fingerprint density at radius 2 is 1.62 bits per heavy atom. The van der Waals surface area contributed by atoms with E-state index in [9.17, 15) is 37.5 Å². The molecule has 1 heterocycles. The lowest BCUT2D eigenvalue weighted by atomic mass is 9.49. The SMILES string of the molecule is C=C[C@@H]1C[C@]1(NC(=O)[C@@H]1C[C@@](C(C)C)(C2(C)CCC2)CN1C(=O)[C@@H](NC(=O)N[C@H](C(=O)O)C1CCCCC1)C(C)(C)C)C(=O)NS(=O)(=O)c1ccccc1NC. The van der Waals surface area contributed by atoms with Crippen molar-refractivity contribution < 1.29 is 37.5 Å². The highest BCUT2D eigenvalue weighted by molar-refractivity contribution is 7.90. The Morgan fingerprint density at radius 1 is 0.982 bits per heavy atom. The average Bonchev–Trinajstić information content (AvgIpc) is 3.69. The van der Waals surface area contributed by atoms with E-state index in [-0.39, 0.29) is 35.1 Å². The van der Waals surface area contributed by atoms with Gasteiger partial charge in [-0.3, -0.25) is 14.4 Å². The zero-order valence-corrected chi connectivity index (χ0v) is 34.8. The molecule has 4 aliphatic rings. The summed E-state index contributed by atoms with van der Waals surface area (Å²) in [5.41, 5.74) is -2.85. The molecule has 4 fully saturated rings. The Hall–Kier alpha value is -4.14. The van der Waals surface area contributed by atoms with Crippen molar-refractivity contribution in [3.8, 4) is 0 Å². The van der Waals surface area contributed by atoms with Crippen LogP contribution in [0.25, 0.3) is 0 Å². The highest BCUT2D eigenvalue weighted by atomic mass is 32.2. The molecule has 0 bridgehead atoms. The molecule has 3 aliphatic carbocycles. The molecule has 6 atom stereocenters. The van der Waals surface area contributed by atoms with Crippen molar-refractivity contribution in [2.24, 2.45) is 34.0 Å². The summed E-state index contributed by atoms with van der Waals surface area (Å²) in [6, 6.07) is 2.06. The Labute approximate surface area is 331 Å². The van der Waals surface area contributed by atoms with Crippen LogP contribution in [0.15, 0.2) is 41.8 Å². The number of hydrogen-bond donors (Lipinski definition) is 6. The van der Waals surface area contributed by atoms with Gasteiger partial charge in [-0.05, 0) is 78.7 Å². The van der Waals surface area contributed by atoms with Gasteiger partial charge in [-0.15, -0.1) is 6.58 Å². The van der Waals surface area contributed by atoms with Crippen LogP contribution in [0.3, 0.4) is 0 Å². The number of carbonyl (C=O) groups excluding carboxylic acids is 4. The lowest BCUT2D eigenvalue weighted by molar-refractivity contribution is -0.143. The zero-order valence-electron chi connectivity index (χ0n) is 34.0. The van der Waals surface area contributed by atoms with Crippen LogP contribution in [0.2, 0.25) is 0 Å². The van der Waals surface area contributed by atoms with Crippen molar-refractivity contribution >= 4 is 45.4 Å². The van der Waals surface area contributed by atoms with Crippen LogP contribution in [0.4, 0.5) is 10.5 Å². The number of rotatable bonds is 14. The summed E-state index contributed by atoms with van der Waals surface area (Å²) < 4.78 is 29.2. The predicted octanol–water partition coefficient (Wildman–Crippen LogP) is 4.78. The molecule has 0 spiro atoms. The smallest absolute Gasteiger partial charge is 0.326 e. The maximum atomic E-state index is 15.0. The van der Waals surface area contributed by atoms with Crippen LogP contribution in [0.1, 0.15) is 106 Å². The molecular weight excluding hydrogens is 737 g/mol. The number of carboxylic acids is 1. The third-order valence-electron chi connectivity index (χ3n) is 13.5. The van der Waals surface area contributed by atoms with Gasteiger partial charge < -0.3 is 31.3 Å². The molecule has 0 unspecified atom stereocenters. The fourth-order valence-corrected chi connectivity index (χ4v) is 10.9. The minimum atomic E-state index is -4.36. The maximum Gasteiger partial charge on any atom is 0.326 e. The number of urea groups is 1. The number of carboxylic acid groups (broad SMARTS) is 1. The average molecular weight is 799 g/mol. The molecule has 1 saturated heterocycles.